The van der Waals surface area contributed by atoms with E-state index in [2.05, 4.69) is 10.4 Å². The Balaban J connectivity index is 1.86. The van der Waals surface area contributed by atoms with Crippen LogP contribution in [0.25, 0.3) is 10.6 Å². The molecule has 1 atom stereocenters. The van der Waals surface area contributed by atoms with Crippen LogP contribution in [0.5, 0.6) is 0 Å². The summed E-state index contributed by atoms with van der Waals surface area (Å²) in [7, 11) is 0. The van der Waals surface area contributed by atoms with Gasteiger partial charge < -0.3 is 5.32 Å². The van der Waals surface area contributed by atoms with Gasteiger partial charge in [0.05, 0.1) is 11.4 Å². The predicted molar refractivity (Wildman–Crippen MR) is 125 cm³/mol. The Morgan fingerprint density at radius 2 is 2.00 bits per heavy atom. The summed E-state index contributed by atoms with van der Waals surface area (Å²) in [6.07, 6.45) is 0. The van der Waals surface area contributed by atoms with E-state index in [1.54, 1.807) is 40.0 Å². The van der Waals surface area contributed by atoms with Gasteiger partial charge in [-0.3, -0.25) is 19.2 Å². The van der Waals surface area contributed by atoms with Crippen molar-refractivity contribution in [1.29, 1.82) is 0 Å². The number of benzene rings is 1. The molecule has 0 radical (unpaired) electrons. The number of carbonyl (C=O) groups excluding carboxylic acids is 2. The van der Waals surface area contributed by atoms with E-state index in [9.17, 15) is 9.59 Å². The standard InChI is InChI=1S/C23H25ClN4O2S/c1-14-8-9-15(11-16(14)24)28-20(29)18-12-17(19-7-6-10-31-19)26-27(18)13-23(28,5)21(30)25-22(2,3)4/h6-12H,13H2,1-5H3,(H,25,30)/t23-/m0/s1. The number of rotatable bonds is 3. The SMILES string of the molecule is Cc1ccc(N2C(=O)c3cc(-c4cccs4)nn3C[C@@]2(C)C(=O)NC(C)(C)C)cc1Cl. The van der Waals surface area contributed by atoms with Crippen LogP contribution in [0.1, 0.15) is 43.7 Å². The predicted octanol–water partition coefficient (Wildman–Crippen LogP) is 4.91. The molecular formula is C23H25ClN4O2S. The van der Waals surface area contributed by atoms with Gasteiger partial charge in [-0.25, -0.2) is 0 Å². The molecule has 31 heavy (non-hydrogen) atoms. The summed E-state index contributed by atoms with van der Waals surface area (Å²) >= 11 is 7.94. The molecule has 0 fully saturated rings. The van der Waals surface area contributed by atoms with Crippen molar-refractivity contribution < 1.29 is 9.59 Å². The number of hydrogen-bond donors (Lipinski definition) is 1. The third-order valence-corrected chi connectivity index (χ3v) is 6.62. The van der Waals surface area contributed by atoms with Crippen LogP contribution in [0, 0.1) is 6.92 Å². The lowest BCUT2D eigenvalue weighted by Gasteiger charge is -2.44. The number of aromatic nitrogens is 2. The number of nitrogens with zero attached hydrogens (tertiary/aromatic N) is 3. The van der Waals surface area contributed by atoms with Crippen molar-refractivity contribution in [3.63, 3.8) is 0 Å². The second kappa shape index (κ2) is 7.50. The number of thiophene rings is 1. The summed E-state index contributed by atoms with van der Waals surface area (Å²) < 4.78 is 1.64. The molecule has 162 valence electrons. The maximum atomic E-state index is 13.7. The van der Waals surface area contributed by atoms with Crippen LogP contribution in [-0.2, 0) is 11.3 Å². The first-order valence-corrected chi connectivity index (χ1v) is 11.3. The van der Waals surface area contributed by atoms with Gasteiger partial charge in [0.2, 0.25) is 5.91 Å². The van der Waals surface area contributed by atoms with Gasteiger partial charge in [-0.15, -0.1) is 11.3 Å². The summed E-state index contributed by atoms with van der Waals surface area (Å²) in [5.74, 6) is -0.531. The lowest BCUT2D eigenvalue weighted by molar-refractivity contribution is -0.128. The number of nitrogens with one attached hydrogen (secondary N) is 1. The smallest absolute Gasteiger partial charge is 0.277 e. The minimum atomic E-state index is -1.19. The van der Waals surface area contributed by atoms with Gasteiger partial charge in [0.15, 0.2) is 0 Å². The monoisotopic (exact) mass is 456 g/mol. The fourth-order valence-corrected chi connectivity index (χ4v) is 4.58. The van der Waals surface area contributed by atoms with Crippen LogP contribution in [0.15, 0.2) is 41.8 Å². The number of halogens is 1. The van der Waals surface area contributed by atoms with Crippen molar-refractivity contribution in [2.75, 3.05) is 4.90 Å². The average Bonchev–Trinajstić information content (AvgIpc) is 3.32. The highest BCUT2D eigenvalue weighted by atomic mass is 35.5. The zero-order chi connectivity index (χ0) is 22.6. The van der Waals surface area contributed by atoms with Gasteiger partial charge >= 0.3 is 0 Å². The Bertz CT molecular complexity index is 1160. The van der Waals surface area contributed by atoms with Crippen LogP contribution in [-0.4, -0.2) is 32.7 Å². The van der Waals surface area contributed by atoms with E-state index in [0.29, 0.717) is 16.4 Å². The fourth-order valence-electron chi connectivity index (χ4n) is 3.73. The van der Waals surface area contributed by atoms with Crippen LogP contribution >= 0.6 is 22.9 Å². The van der Waals surface area contributed by atoms with Crippen molar-refractivity contribution >= 4 is 40.4 Å². The fraction of sp³-hybridized carbons (Fsp3) is 0.348. The van der Waals surface area contributed by atoms with Crippen LogP contribution in [0.3, 0.4) is 0 Å². The molecule has 4 rings (SSSR count). The molecule has 0 bridgehead atoms. The van der Waals surface area contributed by atoms with E-state index in [1.807, 2.05) is 57.3 Å². The summed E-state index contributed by atoms with van der Waals surface area (Å²) in [5, 5.41) is 10.2. The molecule has 2 aromatic heterocycles. The maximum absolute atomic E-state index is 13.7. The topological polar surface area (TPSA) is 67.2 Å². The highest BCUT2D eigenvalue weighted by Crippen LogP contribution is 2.36. The van der Waals surface area contributed by atoms with Crippen molar-refractivity contribution in [3.8, 4) is 10.6 Å². The first kappa shape index (κ1) is 21.6. The highest BCUT2D eigenvalue weighted by molar-refractivity contribution is 7.13. The second-order valence-electron chi connectivity index (χ2n) is 9.10. The third kappa shape index (κ3) is 3.88. The molecule has 8 heteroatoms. The Labute approximate surface area is 190 Å². The molecule has 1 N–H and O–H groups in total. The van der Waals surface area contributed by atoms with Gasteiger partial charge in [-0.1, -0.05) is 23.7 Å². The summed E-state index contributed by atoms with van der Waals surface area (Å²) in [5.41, 5.74) is 1.01. The van der Waals surface area contributed by atoms with Crippen molar-refractivity contribution in [2.45, 2.75) is 52.2 Å². The molecule has 2 amide bonds. The number of fused-ring (bicyclic) bond motifs is 1. The molecule has 1 aliphatic heterocycles. The molecule has 0 unspecified atom stereocenters. The maximum Gasteiger partial charge on any atom is 0.277 e. The lowest BCUT2D eigenvalue weighted by atomic mass is 9.92. The number of amides is 2. The van der Waals surface area contributed by atoms with Gasteiger partial charge in [0, 0.05) is 16.2 Å². The Hall–Kier alpha value is -2.64. The van der Waals surface area contributed by atoms with Crippen molar-refractivity contribution in [2.24, 2.45) is 0 Å². The van der Waals surface area contributed by atoms with Gasteiger partial charge in [0.1, 0.15) is 16.9 Å². The van der Waals surface area contributed by atoms with E-state index in [0.717, 1.165) is 16.1 Å². The van der Waals surface area contributed by atoms with Crippen molar-refractivity contribution in [3.05, 3.63) is 58.1 Å². The molecule has 3 aromatic rings. The van der Waals surface area contributed by atoms with Crippen LogP contribution < -0.4 is 10.2 Å². The highest BCUT2D eigenvalue weighted by Gasteiger charge is 2.49. The normalized spacial score (nSPS) is 18.8. The minimum absolute atomic E-state index is 0.229. The van der Waals surface area contributed by atoms with E-state index in [4.69, 9.17) is 11.6 Å². The third-order valence-electron chi connectivity index (χ3n) is 5.32. The minimum Gasteiger partial charge on any atom is -0.349 e. The first-order valence-electron chi connectivity index (χ1n) is 10.0. The molecule has 0 aliphatic carbocycles. The molecule has 3 heterocycles. The van der Waals surface area contributed by atoms with Gasteiger partial charge in [-0.05, 0) is 69.8 Å². The number of carbonyl (C=O) groups is 2. The van der Waals surface area contributed by atoms with Crippen LogP contribution in [0.2, 0.25) is 5.02 Å². The quantitative estimate of drug-likeness (QED) is 0.609. The molecular weight excluding hydrogens is 432 g/mol. The summed E-state index contributed by atoms with van der Waals surface area (Å²) in [6, 6.07) is 11.1. The molecule has 0 spiro atoms. The Morgan fingerprint density at radius 1 is 1.26 bits per heavy atom. The first-order chi connectivity index (χ1) is 14.5. The Kier molecular flexibility index (Phi) is 5.22. The molecule has 0 saturated heterocycles. The molecule has 1 aliphatic rings. The Morgan fingerprint density at radius 3 is 2.61 bits per heavy atom. The summed E-state index contributed by atoms with van der Waals surface area (Å²) in [6.45, 7) is 9.65. The number of anilines is 1. The summed E-state index contributed by atoms with van der Waals surface area (Å²) in [4.78, 5) is 29.7. The number of aryl methyl sites for hydroxylation is 1. The zero-order valence-corrected chi connectivity index (χ0v) is 19.8. The van der Waals surface area contributed by atoms with E-state index < -0.39 is 11.1 Å². The average molecular weight is 457 g/mol. The van der Waals surface area contributed by atoms with Gasteiger partial charge in [0.25, 0.3) is 5.91 Å². The zero-order valence-electron chi connectivity index (χ0n) is 18.2. The molecule has 1 aromatic carbocycles. The molecule has 6 nitrogen and oxygen atoms in total. The van der Waals surface area contributed by atoms with Crippen LogP contribution in [0.4, 0.5) is 5.69 Å². The van der Waals surface area contributed by atoms with E-state index in [1.165, 1.54) is 0 Å². The second-order valence-corrected chi connectivity index (χ2v) is 10.5. The number of hydrogen-bond acceptors (Lipinski definition) is 4. The van der Waals surface area contributed by atoms with Gasteiger partial charge in [-0.2, -0.15) is 5.10 Å². The lowest BCUT2D eigenvalue weighted by Crippen LogP contribution is -2.66. The van der Waals surface area contributed by atoms with E-state index >= 15 is 0 Å². The van der Waals surface area contributed by atoms with E-state index in [-0.39, 0.29) is 18.4 Å². The molecule has 0 saturated carbocycles. The largest absolute Gasteiger partial charge is 0.349 e. The van der Waals surface area contributed by atoms with Crippen molar-refractivity contribution in [1.82, 2.24) is 15.1 Å².